The topological polar surface area (TPSA) is 54.4 Å². The highest BCUT2D eigenvalue weighted by molar-refractivity contribution is 5.96. The highest BCUT2D eigenvalue weighted by Gasteiger charge is 2.43. The molecule has 30 heavy (non-hydrogen) atoms. The molecule has 1 aliphatic heterocycles. The Kier molecular flexibility index (Phi) is 5.23. The van der Waals surface area contributed by atoms with Gasteiger partial charge >= 0.3 is 0 Å². The second-order valence-corrected chi connectivity index (χ2v) is 9.05. The maximum absolute atomic E-state index is 10.0. The first-order chi connectivity index (χ1) is 14.3. The highest BCUT2D eigenvalue weighted by Crippen LogP contribution is 2.53. The van der Waals surface area contributed by atoms with E-state index in [-0.39, 0.29) is 23.1 Å². The fraction of sp³-hybridized carbons (Fsp3) is 0.423. The number of aliphatic hydroxyl groups excluding tert-OH is 1. The largest absolute Gasteiger partial charge is 0.513 e. The molecule has 1 aliphatic carbocycles. The van der Waals surface area contributed by atoms with E-state index in [1.165, 1.54) is 44.3 Å². The van der Waals surface area contributed by atoms with Crippen LogP contribution in [-0.2, 0) is 10.2 Å². The lowest BCUT2D eigenvalue weighted by Gasteiger charge is -2.46. The Morgan fingerprint density at radius 1 is 1.40 bits per heavy atom. The second-order valence-electron chi connectivity index (χ2n) is 9.05. The summed E-state index contributed by atoms with van der Waals surface area (Å²) in [7, 11) is 1.74. The number of rotatable bonds is 5. The third-order valence-electron chi connectivity index (χ3n) is 6.89. The summed E-state index contributed by atoms with van der Waals surface area (Å²) in [6.07, 6.45) is 7.51. The average molecular weight is 405 g/mol. The Balaban J connectivity index is 2.09. The van der Waals surface area contributed by atoms with Gasteiger partial charge in [0.2, 0.25) is 0 Å². The molecule has 4 nitrogen and oxygen atoms in total. The van der Waals surface area contributed by atoms with Gasteiger partial charge in [0.15, 0.2) is 0 Å². The molecule has 2 atom stereocenters. The normalized spacial score (nSPS) is 23.4. The predicted octanol–water partition coefficient (Wildman–Crippen LogP) is 5.76. The zero-order chi connectivity index (χ0) is 21.6. The molecule has 158 valence electrons. The van der Waals surface area contributed by atoms with Gasteiger partial charge in [0.05, 0.1) is 5.76 Å². The maximum atomic E-state index is 10.0. The highest BCUT2D eigenvalue weighted by atomic mass is 16.5. The third kappa shape index (κ3) is 3.05. The summed E-state index contributed by atoms with van der Waals surface area (Å²) < 4.78 is 5.45. The van der Waals surface area contributed by atoms with Crippen molar-refractivity contribution in [3.63, 3.8) is 0 Å². The van der Waals surface area contributed by atoms with Crippen LogP contribution in [0.5, 0.6) is 0 Å². The summed E-state index contributed by atoms with van der Waals surface area (Å²) in [5, 5.41) is 16.3. The zero-order valence-electron chi connectivity index (χ0n) is 18.7. The average Bonchev–Trinajstić information content (AvgIpc) is 2.69. The Morgan fingerprint density at radius 3 is 2.83 bits per heavy atom. The first-order valence-electron chi connectivity index (χ1n) is 10.7. The Bertz CT molecular complexity index is 1080. The van der Waals surface area contributed by atoms with E-state index in [9.17, 15) is 5.11 Å². The molecule has 4 heteroatoms. The maximum Gasteiger partial charge on any atom is 0.0871 e. The number of allylic oxidation sites excluding steroid dienone is 3. The van der Waals surface area contributed by atoms with E-state index in [0.717, 1.165) is 6.42 Å². The van der Waals surface area contributed by atoms with Crippen molar-refractivity contribution in [2.45, 2.75) is 57.9 Å². The van der Waals surface area contributed by atoms with Crippen LogP contribution < -0.4 is 5.32 Å². The summed E-state index contributed by atoms with van der Waals surface area (Å²) in [6, 6.07) is 4.51. The number of fused-ring (bicyclic) bond motifs is 2. The molecule has 0 fully saturated rings. The van der Waals surface area contributed by atoms with Gasteiger partial charge in [0.1, 0.15) is 0 Å². The molecule has 0 spiro atoms. The van der Waals surface area contributed by atoms with Crippen molar-refractivity contribution in [3.05, 3.63) is 70.8 Å². The van der Waals surface area contributed by atoms with E-state index >= 15 is 0 Å². The first-order valence-corrected chi connectivity index (χ1v) is 10.7. The Morgan fingerprint density at radius 2 is 2.17 bits per heavy atom. The summed E-state index contributed by atoms with van der Waals surface area (Å²) >= 11 is 0. The quantitative estimate of drug-likeness (QED) is 0.622. The molecular weight excluding hydrogens is 372 g/mol. The van der Waals surface area contributed by atoms with E-state index in [4.69, 9.17) is 4.74 Å². The predicted molar refractivity (Wildman–Crippen MR) is 124 cm³/mol. The van der Waals surface area contributed by atoms with E-state index in [1.807, 2.05) is 12.4 Å². The fourth-order valence-electron chi connectivity index (χ4n) is 5.70. The van der Waals surface area contributed by atoms with Crippen LogP contribution in [0.3, 0.4) is 0 Å². The minimum absolute atomic E-state index is 0.0709. The lowest BCUT2D eigenvalue weighted by molar-refractivity contribution is 0.180. The van der Waals surface area contributed by atoms with Crippen LogP contribution in [-0.4, -0.2) is 29.8 Å². The zero-order valence-corrected chi connectivity index (χ0v) is 18.7. The summed E-state index contributed by atoms with van der Waals surface area (Å²) in [6.45, 7) is 13.4. The fourth-order valence-corrected chi connectivity index (χ4v) is 5.70. The van der Waals surface area contributed by atoms with E-state index in [0.29, 0.717) is 13.0 Å². The van der Waals surface area contributed by atoms with Gasteiger partial charge in [-0.1, -0.05) is 26.5 Å². The Hall–Kier alpha value is -2.59. The number of hydrogen-bond donors (Lipinski definition) is 2. The molecule has 1 aromatic heterocycles. The van der Waals surface area contributed by atoms with Gasteiger partial charge in [-0.3, -0.25) is 4.98 Å². The van der Waals surface area contributed by atoms with Crippen molar-refractivity contribution in [2.75, 3.05) is 13.7 Å². The van der Waals surface area contributed by atoms with E-state index in [1.54, 1.807) is 7.11 Å². The van der Waals surface area contributed by atoms with Gasteiger partial charge in [-0.05, 0) is 60.1 Å². The SMILES string of the molecule is C=C(O)CC1NC2=C(C)/C(=C\C)C(C)(C)c3c2c(cc2ccncc32)C1CCOC. The van der Waals surface area contributed by atoms with Crippen LogP contribution in [0.4, 0.5) is 0 Å². The molecule has 0 saturated carbocycles. The van der Waals surface area contributed by atoms with E-state index < -0.39 is 0 Å². The van der Waals surface area contributed by atoms with E-state index in [2.05, 4.69) is 62.8 Å². The van der Waals surface area contributed by atoms with Gasteiger partial charge in [-0.15, -0.1) is 0 Å². The van der Waals surface area contributed by atoms with Crippen molar-refractivity contribution in [1.29, 1.82) is 0 Å². The molecule has 2 N–H and O–H groups in total. The van der Waals surface area contributed by atoms with Crippen molar-refractivity contribution < 1.29 is 9.84 Å². The number of hydrogen-bond acceptors (Lipinski definition) is 4. The summed E-state index contributed by atoms with van der Waals surface area (Å²) in [5.41, 5.74) is 7.64. The first kappa shape index (κ1) is 20.7. The monoisotopic (exact) mass is 404 g/mol. The van der Waals surface area contributed by atoms with Crippen LogP contribution in [0.15, 0.2) is 54.1 Å². The molecule has 2 unspecified atom stereocenters. The van der Waals surface area contributed by atoms with Crippen LogP contribution in [0.2, 0.25) is 0 Å². The van der Waals surface area contributed by atoms with Crippen molar-refractivity contribution in [3.8, 4) is 0 Å². The van der Waals surface area contributed by atoms with Gasteiger partial charge in [0, 0.05) is 66.6 Å². The molecular formula is C26H32N2O2. The standard InChI is InChI=1S/C26H32N2O2/c1-7-21-16(3)25-23-19(18(9-11-30-6)22(28-25)12-15(2)29)13-17-8-10-27-14-20(17)24(23)26(21,4)5/h7-8,10,13-14,18,22,28-29H,2,9,11-12H2,1,3-6H3/b21-7+. The lowest BCUT2D eigenvalue weighted by atomic mass is 9.63. The Labute approximate surface area is 179 Å². The molecule has 2 heterocycles. The van der Waals surface area contributed by atoms with Crippen LogP contribution in [0.25, 0.3) is 16.5 Å². The lowest BCUT2D eigenvalue weighted by Crippen LogP contribution is -2.43. The van der Waals surface area contributed by atoms with Gasteiger partial charge in [0.25, 0.3) is 0 Å². The third-order valence-corrected chi connectivity index (χ3v) is 6.89. The number of pyridine rings is 1. The number of nitrogens with one attached hydrogen (secondary N) is 1. The smallest absolute Gasteiger partial charge is 0.0871 e. The van der Waals surface area contributed by atoms with Gasteiger partial charge < -0.3 is 15.2 Å². The van der Waals surface area contributed by atoms with Crippen molar-refractivity contribution >= 4 is 16.5 Å². The number of aliphatic hydroxyl groups is 1. The molecule has 2 aromatic rings. The molecule has 0 saturated heterocycles. The number of ether oxygens (including phenoxy) is 1. The molecule has 0 bridgehead atoms. The number of benzene rings is 1. The van der Waals surface area contributed by atoms with Crippen molar-refractivity contribution in [1.82, 2.24) is 10.3 Å². The van der Waals surface area contributed by atoms with Crippen LogP contribution >= 0.6 is 0 Å². The molecule has 0 radical (unpaired) electrons. The summed E-state index contributed by atoms with van der Waals surface area (Å²) in [4.78, 5) is 4.46. The number of methoxy groups -OCH3 is 1. The minimum atomic E-state index is -0.129. The van der Waals surface area contributed by atoms with Crippen LogP contribution in [0.1, 0.15) is 63.1 Å². The minimum Gasteiger partial charge on any atom is -0.513 e. The molecule has 0 amide bonds. The molecule has 2 aliphatic rings. The number of aromatic nitrogens is 1. The molecule has 4 rings (SSSR count). The van der Waals surface area contributed by atoms with Gasteiger partial charge in [-0.2, -0.15) is 0 Å². The summed E-state index contributed by atoms with van der Waals surface area (Å²) in [5.74, 6) is 0.434. The van der Waals surface area contributed by atoms with Crippen LogP contribution in [0, 0.1) is 0 Å². The molecule has 1 aromatic carbocycles. The second kappa shape index (κ2) is 7.59. The van der Waals surface area contributed by atoms with Crippen molar-refractivity contribution in [2.24, 2.45) is 0 Å². The number of nitrogens with zero attached hydrogens (tertiary/aromatic N) is 1. The van der Waals surface area contributed by atoms with Gasteiger partial charge in [-0.25, -0.2) is 0 Å².